The van der Waals surface area contributed by atoms with E-state index in [9.17, 15) is 14.4 Å². The van der Waals surface area contributed by atoms with E-state index in [2.05, 4.69) is 0 Å². The van der Waals surface area contributed by atoms with Crippen LogP contribution in [-0.2, 0) is 28.6 Å². The number of rotatable bonds is 7. The van der Waals surface area contributed by atoms with E-state index in [1.165, 1.54) is 13.8 Å². The van der Waals surface area contributed by atoms with Crippen LogP contribution in [0.4, 0.5) is 0 Å². The molecule has 7 heteroatoms. The van der Waals surface area contributed by atoms with Gasteiger partial charge in [-0.25, -0.2) is 9.59 Å². The van der Waals surface area contributed by atoms with Crippen LogP contribution in [0.25, 0.3) is 0 Å². The molecule has 0 aromatic rings. The Morgan fingerprint density at radius 2 is 1.88 bits per heavy atom. The zero-order valence-corrected chi connectivity index (χ0v) is 15.4. The fourth-order valence-electron chi connectivity index (χ4n) is 2.39. The monoisotopic (exact) mass is 343 g/mol. The predicted molar refractivity (Wildman–Crippen MR) is 86.8 cm³/mol. The van der Waals surface area contributed by atoms with E-state index in [4.69, 9.17) is 19.9 Å². The van der Waals surface area contributed by atoms with E-state index in [1.807, 2.05) is 13.8 Å². The molecule has 0 saturated carbocycles. The summed E-state index contributed by atoms with van der Waals surface area (Å²) < 4.78 is 15.2. The van der Waals surface area contributed by atoms with E-state index in [-0.39, 0.29) is 12.5 Å². The quantitative estimate of drug-likeness (QED) is 0.552. The highest BCUT2D eigenvalue weighted by Crippen LogP contribution is 2.27. The van der Waals surface area contributed by atoms with Gasteiger partial charge in [0.2, 0.25) is 11.7 Å². The Balaban J connectivity index is 2.77. The van der Waals surface area contributed by atoms with Crippen LogP contribution in [0.3, 0.4) is 0 Å². The van der Waals surface area contributed by atoms with E-state index in [1.54, 1.807) is 13.8 Å². The number of carbonyl (C=O) groups excluding carboxylic acids is 3. The summed E-state index contributed by atoms with van der Waals surface area (Å²) in [6.07, 6.45) is -0.0871. The molecule has 0 radical (unpaired) electrons. The highest BCUT2D eigenvalue weighted by Gasteiger charge is 2.42. The molecule has 1 saturated heterocycles. The summed E-state index contributed by atoms with van der Waals surface area (Å²) in [6, 6.07) is 0. The standard InChI is InChI=1S/C17H29NO6/c1-10(2)9-11(16(3,4)18)13(19)24-17(5,6)15(21)23-12-7-8-22-14(12)20/h10-12H,7-9,18H2,1-6H3. The molecule has 0 aromatic carbocycles. The minimum atomic E-state index is -1.51. The fraction of sp³-hybridized carbons (Fsp3) is 0.824. The lowest BCUT2D eigenvalue weighted by Gasteiger charge is -2.33. The van der Waals surface area contributed by atoms with Crippen LogP contribution in [0.5, 0.6) is 0 Å². The Kier molecular flexibility index (Phi) is 6.38. The maximum atomic E-state index is 12.5. The second-order valence-electron chi connectivity index (χ2n) is 7.79. The third-order valence-electron chi connectivity index (χ3n) is 3.87. The zero-order valence-electron chi connectivity index (χ0n) is 15.4. The van der Waals surface area contributed by atoms with Gasteiger partial charge >= 0.3 is 17.9 Å². The van der Waals surface area contributed by atoms with Gasteiger partial charge in [-0.3, -0.25) is 4.79 Å². The Morgan fingerprint density at radius 1 is 1.29 bits per heavy atom. The van der Waals surface area contributed by atoms with Crippen molar-refractivity contribution in [2.45, 2.75) is 71.6 Å². The van der Waals surface area contributed by atoms with Gasteiger partial charge < -0.3 is 19.9 Å². The molecule has 0 amide bonds. The minimum absolute atomic E-state index is 0.217. The second kappa shape index (κ2) is 7.51. The minimum Gasteiger partial charge on any atom is -0.463 e. The van der Waals surface area contributed by atoms with Crippen LogP contribution < -0.4 is 5.73 Å². The van der Waals surface area contributed by atoms with Crippen LogP contribution in [0.2, 0.25) is 0 Å². The SMILES string of the molecule is CC(C)CC(C(=O)OC(C)(C)C(=O)OC1CCOC1=O)C(C)(C)N. The van der Waals surface area contributed by atoms with Crippen LogP contribution in [0.15, 0.2) is 0 Å². The molecule has 2 unspecified atom stereocenters. The van der Waals surface area contributed by atoms with Crippen molar-refractivity contribution in [3.63, 3.8) is 0 Å². The number of hydrogen-bond acceptors (Lipinski definition) is 7. The summed E-state index contributed by atoms with van der Waals surface area (Å²) in [5.74, 6) is -2.22. The van der Waals surface area contributed by atoms with Gasteiger partial charge in [0.15, 0.2) is 0 Å². The Hall–Kier alpha value is -1.63. The molecule has 1 aliphatic heterocycles. The lowest BCUT2D eigenvalue weighted by Crippen LogP contribution is -2.50. The summed E-state index contributed by atoms with van der Waals surface area (Å²) in [6.45, 7) is 10.6. The average Bonchev–Trinajstić information content (AvgIpc) is 2.79. The first-order chi connectivity index (χ1) is 10.8. The largest absolute Gasteiger partial charge is 0.463 e. The third-order valence-corrected chi connectivity index (χ3v) is 3.87. The summed E-state index contributed by atoms with van der Waals surface area (Å²) >= 11 is 0. The zero-order chi connectivity index (χ0) is 18.7. The number of carbonyl (C=O) groups is 3. The first kappa shape index (κ1) is 20.4. The number of nitrogens with two attached hydrogens (primary N) is 1. The third kappa shape index (κ3) is 5.47. The summed E-state index contributed by atoms with van der Waals surface area (Å²) in [7, 11) is 0. The summed E-state index contributed by atoms with van der Waals surface area (Å²) in [5.41, 5.74) is 3.80. The molecule has 2 N–H and O–H groups in total. The Morgan fingerprint density at radius 3 is 2.29 bits per heavy atom. The van der Waals surface area contributed by atoms with Gasteiger partial charge in [-0.05, 0) is 40.0 Å². The molecule has 1 rings (SSSR count). The van der Waals surface area contributed by atoms with Gasteiger partial charge in [0.05, 0.1) is 12.5 Å². The number of cyclic esters (lactones) is 1. The number of hydrogen-bond donors (Lipinski definition) is 1. The molecule has 1 fully saturated rings. The second-order valence-corrected chi connectivity index (χ2v) is 7.79. The summed E-state index contributed by atoms with van der Waals surface area (Å²) in [5, 5.41) is 0. The normalized spacial score (nSPS) is 19.8. The van der Waals surface area contributed by atoms with Gasteiger partial charge in [0, 0.05) is 12.0 Å². The number of ether oxygens (including phenoxy) is 3. The molecular weight excluding hydrogens is 314 g/mol. The Labute approximate surface area is 143 Å². The number of esters is 3. The van der Waals surface area contributed by atoms with Crippen LogP contribution in [0.1, 0.15) is 54.4 Å². The van der Waals surface area contributed by atoms with Gasteiger partial charge in [-0.1, -0.05) is 13.8 Å². The molecule has 0 spiro atoms. The maximum absolute atomic E-state index is 12.5. The lowest BCUT2D eigenvalue weighted by atomic mass is 9.82. The van der Waals surface area contributed by atoms with Crippen LogP contribution in [0, 0.1) is 11.8 Å². The van der Waals surface area contributed by atoms with E-state index < -0.39 is 41.1 Å². The van der Waals surface area contributed by atoms with E-state index in [0.717, 1.165) is 0 Å². The van der Waals surface area contributed by atoms with E-state index >= 15 is 0 Å². The maximum Gasteiger partial charge on any atom is 0.350 e. The molecule has 7 nitrogen and oxygen atoms in total. The van der Waals surface area contributed by atoms with Crippen molar-refractivity contribution in [1.82, 2.24) is 0 Å². The van der Waals surface area contributed by atoms with Crippen molar-refractivity contribution >= 4 is 17.9 Å². The van der Waals surface area contributed by atoms with Crippen LogP contribution >= 0.6 is 0 Å². The van der Waals surface area contributed by atoms with Crippen molar-refractivity contribution in [3.05, 3.63) is 0 Å². The summed E-state index contributed by atoms with van der Waals surface area (Å²) in [4.78, 5) is 36.2. The van der Waals surface area contributed by atoms with Gasteiger partial charge in [0.25, 0.3) is 0 Å². The molecule has 1 aliphatic rings. The fourth-order valence-corrected chi connectivity index (χ4v) is 2.39. The first-order valence-electron chi connectivity index (χ1n) is 8.24. The molecule has 0 bridgehead atoms. The van der Waals surface area contributed by atoms with Crippen molar-refractivity contribution in [2.75, 3.05) is 6.61 Å². The van der Waals surface area contributed by atoms with Crippen molar-refractivity contribution in [2.24, 2.45) is 17.6 Å². The molecule has 1 heterocycles. The highest BCUT2D eigenvalue weighted by molar-refractivity contribution is 5.86. The highest BCUT2D eigenvalue weighted by atomic mass is 16.6. The smallest absolute Gasteiger partial charge is 0.350 e. The van der Waals surface area contributed by atoms with E-state index in [0.29, 0.717) is 12.8 Å². The van der Waals surface area contributed by atoms with Gasteiger partial charge in [0.1, 0.15) is 0 Å². The molecular formula is C17H29NO6. The lowest BCUT2D eigenvalue weighted by molar-refractivity contribution is -0.187. The molecule has 0 aromatic heterocycles. The predicted octanol–water partition coefficient (Wildman–Crippen LogP) is 1.57. The first-order valence-corrected chi connectivity index (χ1v) is 8.24. The topological polar surface area (TPSA) is 105 Å². The molecule has 0 aliphatic carbocycles. The van der Waals surface area contributed by atoms with Crippen molar-refractivity contribution in [1.29, 1.82) is 0 Å². The van der Waals surface area contributed by atoms with Crippen molar-refractivity contribution < 1.29 is 28.6 Å². The van der Waals surface area contributed by atoms with Gasteiger partial charge in [-0.2, -0.15) is 0 Å². The molecule has 138 valence electrons. The van der Waals surface area contributed by atoms with Crippen molar-refractivity contribution in [3.8, 4) is 0 Å². The van der Waals surface area contributed by atoms with Gasteiger partial charge in [-0.15, -0.1) is 0 Å². The molecule has 24 heavy (non-hydrogen) atoms. The average molecular weight is 343 g/mol. The van der Waals surface area contributed by atoms with Crippen LogP contribution in [-0.4, -0.2) is 41.8 Å². The Bertz CT molecular complexity index is 492. The molecule has 2 atom stereocenters.